The van der Waals surface area contributed by atoms with Crippen LogP contribution in [0.4, 0.5) is 18.0 Å². The molecule has 0 aliphatic carbocycles. The van der Waals surface area contributed by atoms with E-state index in [0.717, 1.165) is 24.3 Å². The SMILES string of the molecule is O=C1N[C@](NS(=O)(=O)c2ccc(Cl)cc2)(C(F)(F)F)C(=O)N1Cc1ccco1. The number of benzene rings is 1. The quantitative estimate of drug-likeness (QED) is 0.697. The number of amides is 3. The van der Waals surface area contributed by atoms with Gasteiger partial charge in [-0.1, -0.05) is 11.6 Å². The van der Waals surface area contributed by atoms with Crippen LogP contribution in [0.1, 0.15) is 5.76 Å². The maximum absolute atomic E-state index is 13.8. The van der Waals surface area contributed by atoms with Crippen LogP contribution < -0.4 is 10.0 Å². The number of rotatable bonds is 5. The fourth-order valence-corrected chi connectivity index (χ4v) is 3.87. The molecular weight excluding hydrogens is 427 g/mol. The Morgan fingerprint density at radius 3 is 2.36 bits per heavy atom. The highest BCUT2D eigenvalue weighted by Gasteiger charge is 2.69. The normalized spacial score (nSPS) is 20.5. The van der Waals surface area contributed by atoms with Crippen molar-refractivity contribution in [3.05, 3.63) is 53.4 Å². The van der Waals surface area contributed by atoms with E-state index < -0.39 is 45.2 Å². The van der Waals surface area contributed by atoms with E-state index in [1.54, 1.807) is 0 Å². The van der Waals surface area contributed by atoms with Crippen molar-refractivity contribution in [3.63, 3.8) is 0 Å². The second-order valence-corrected chi connectivity index (χ2v) is 7.83. The van der Waals surface area contributed by atoms with Crippen molar-refractivity contribution in [3.8, 4) is 0 Å². The van der Waals surface area contributed by atoms with Gasteiger partial charge in [-0.05, 0) is 36.4 Å². The zero-order valence-electron chi connectivity index (χ0n) is 13.7. The average Bonchev–Trinajstić information content (AvgIpc) is 3.18. The minimum absolute atomic E-state index is 0.0297. The van der Waals surface area contributed by atoms with Gasteiger partial charge in [0.1, 0.15) is 5.76 Å². The number of urea groups is 1. The third-order valence-corrected chi connectivity index (χ3v) is 5.56. The van der Waals surface area contributed by atoms with Crippen molar-refractivity contribution < 1.29 is 35.6 Å². The number of carbonyl (C=O) groups excluding carboxylic acids is 2. The highest BCUT2D eigenvalue weighted by molar-refractivity contribution is 7.89. The lowest BCUT2D eigenvalue weighted by molar-refractivity contribution is -0.198. The van der Waals surface area contributed by atoms with Crippen molar-refractivity contribution in [1.82, 2.24) is 14.9 Å². The first kappa shape index (κ1) is 20.2. The van der Waals surface area contributed by atoms with Gasteiger partial charge in [-0.2, -0.15) is 17.9 Å². The molecule has 0 radical (unpaired) electrons. The number of hydrogen-bond acceptors (Lipinski definition) is 5. The molecule has 0 spiro atoms. The lowest BCUT2D eigenvalue weighted by Crippen LogP contribution is -2.69. The second-order valence-electron chi connectivity index (χ2n) is 5.71. The zero-order chi connectivity index (χ0) is 20.7. The fraction of sp³-hybridized carbons (Fsp3) is 0.200. The number of hydrogen-bond donors (Lipinski definition) is 2. The summed E-state index contributed by atoms with van der Waals surface area (Å²) >= 11 is 5.64. The smallest absolute Gasteiger partial charge is 0.435 e. The molecule has 3 amide bonds. The molecule has 2 heterocycles. The molecule has 3 rings (SSSR count). The summed E-state index contributed by atoms with van der Waals surface area (Å²) < 4.78 is 72.4. The standard InChI is InChI=1S/C15H11ClF3N3O5S/c16-9-3-5-11(6-4-9)28(25,26)21-14(15(17,18)19)12(23)22(13(24)20-14)8-10-2-1-7-27-10/h1-7,21H,8H2,(H,20,24)/t14-/m1/s1. The predicted molar refractivity (Wildman–Crippen MR) is 88.3 cm³/mol. The Labute approximate surface area is 161 Å². The van der Waals surface area contributed by atoms with Crippen LogP contribution in [-0.2, 0) is 21.4 Å². The molecule has 8 nitrogen and oxygen atoms in total. The Bertz CT molecular complexity index is 1010. The van der Waals surface area contributed by atoms with Crippen LogP contribution >= 0.6 is 11.6 Å². The summed E-state index contributed by atoms with van der Waals surface area (Å²) in [4.78, 5) is 24.2. The molecule has 1 aromatic heterocycles. The van der Waals surface area contributed by atoms with Crippen LogP contribution in [0.15, 0.2) is 52.0 Å². The van der Waals surface area contributed by atoms with Crippen LogP contribution in [0, 0.1) is 0 Å². The van der Waals surface area contributed by atoms with E-state index in [1.807, 2.05) is 0 Å². The number of halogens is 4. The number of alkyl halides is 3. The van der Waals surface area contributed by atoms with Gasteiger partial charge in [0.15, 0.2) is 0 Å². The van der Waals surface area contributed by atoms with Crippen LogP contribution in [0.25, 0.3) is 0 Å². The van der Waals surface area contributed by atoms with Crippen molar-refractivity contribution >= 4 is 33.6 Å². The molecule has 2 aromatic rings. The molecule has 0 bridgehead atoms. The first-order valence-corrected chi connectivity index (χ1v) is 9.35. The lowest BCUT2D eigenvalue weighted by atomic mass is 10.1. The first-order valence-electron chi connectivity index (χ1n) is 7.49. The number of carbonyl (C=O) groups is 2. The van der Waals surface area contributed by atoms with Crippen molar-refractivity contribution in [2.24, 2.45) is 0 Å². The molecule has 150 valence electrons. The Morgan fingerprint density at radius 2 is 1.82 bits per heavy atom. The van der Waals surface area contributed by atoms with Gasteiger partial charge < -0.3 is 9.73 Å². The summed E-state index contributed by atoms with van der Waals surface area (Å²) in [6.07, 6.45) is -4.27. The van der Waals surface area contributed by atoms with Crippen LogP contribution in [0.2, 0.25) is 5.02 Å². The molecule has 28 heavy (non-hydrogen) atoms. The lowest BCUT2D eigenvalue weighted by Gasteiger charge is -2.29. The summed E-state index contributed by atoms with van der Waals surface area (Å²) in [5, 5.41) is 1.56. The topological polar surface area (TPSA) is 109 Å². The number of imide groups is 1. The van der Waals surface area contributed by atoms with E-state index in [1.165, 1.54) is 28.4 Å². The molecule has 1 aliphatic rings. The molecule has 1 aliphatic heterocycles. The van der Waals surface area contributed by atoms with E-state index >= 15 is 0 Å². The molecule has 1 fully saturated rings. The van der Waals surface area contributed by atoms with Crippen molar-refractivity contribution in [1.29, 1.82) is 0 Å². The van der Waals surface area contributed by atoms with Gasteiger partial charge in [0.2, 0.25) is 10.0 Å². The Balaban J connectivity index is 1.99. The fourth-order valence-electron chi connectivity index (χ4n) is 2.47. The first-order chi connectivity index (χ1) is 13.0. The monoisotopic (exact) mass is 437 g/mol. The molecule has 1 saturated heterocycles. The van der Waals surface area contributed by atoms with Crippen molar-refractivity contribution in [2.75, 3.05) is 0 Å². The van der Waals surface area contributed by atoms with E-state index in [4.69, 9.17) is 16.0 Å². The van der Waals surface area contributed by atoms with Crippen molar-refractivity contribution in [2.45, 2.75) is 23.3 Å². The number of furan rings is 1. The van der Waals surface area contributed by atoms with E-state index in [9.17, 15) is 31.2 Å². The highest BCUT2D eigenvalue weighted by atomic mass is 35.5. The maximum atomic E-state index is 13.8. The Hall–Kier alpha value is -2.57. The maximum Gasteiger partial charge on any atom is 0.435 e. The van der Waals surface area contributed by atoms with Crippen LogP contribution in [-0.4, -0.2) is 37.1 Å². The molecular formula is C15H11ClF3N3O5S. The molecule has 0 saturated carbocycles. The number of sulfonamides is 1. The summed E-state index contributed by atoms with van der Waals surface area (Å²) in [5.41, 5.74) is -3.87. The molecule has 1 atom stereocenters. The minimum Gasteiger partial charge on any atom is -0.467 e. The zero-order valence-corrected chi connectivity index (χ0v) is 15.2. The number of nitrogens with zero attached hydrogens (tertiary/aromatic N) is 1. The highest BCUT2D eigenvalue weighted by Crippen LogP contribution is 2.35. The van der Waals surface area contributed by atoms with E-state index in [-0.39, 0.29) is 15.7 Å². The van der Waals surface area contributed by atoms with Crippen LogP contribution in [0.3, 0.4) is 0 Å². The molecule has 13 heteroatoms. The average molecular weight is 438 g/mol. The van der Waals surface area contributed by atoms with Gasteiger partial charge in [0, 0.05) is 5.02 Å². The van der Waals surface area contributed by atoms with E-state index in [0.29, 0.717) is 0 Å². The Kier molecular flexibility index (Phi) is 4.89. The van der Waals surface area contributed by atoms with Gasteiger partial charge in [-0.3, -0.25) is 9.69 Å². The van der Waals surface area contributed by atoms with Gasteiger partial charge in [0.05, 0.1) is 17.7 Å². The third kappa shape index (κ3) is 3.45. The number of nitrogens with one attached hydrogen (secondary N) is 2. The van der Waals surface area contributed by atoms with Crippen LogP contribution in [0.5, 0.6) is 0 Å². The summed E-state index contributed by atoms with van der Waals surface area (Å²) in [5.74, 6) is -1.80. The second kappa shape index (κ2) is 6.79. The van der Waals surface area contributed by atoms with Gasteiger partial charge in [-0.15, -0.1) is 0 Å². The van der Waals surface area contributed by atoms with Gasteiger partial charge in [-0.25, -0.2) is 13.2 Å². The predicted octanol–water partition coefficient (Wildman–Crippen LogP) is 2.22. The van der Waals surface area contributed by atoms with Gasteiger partial charge >= 0.3 is 12.2 Å². The van der Waals surface area contributed by atoms with E-state index in [2.05, 4.69) is 0 Å². The minimum atomic E-state index is -5.48. The van der Waals surface area contributed by atoms with Gasteiger partial charge in [0.25, 0.3) is 11.6 Å². The molecule has 0 unspecified atom stereocenters. The molecule has 2 N–H and O–H groups in total. The molecule has 1 aromatic carbocycles. The largest absolute Gasteiger partial charge is 0.467 e. The summed E-state index contributed by atoms with van der Waals surface area (Å²) in [6.45, 7) is -0.613. The summed E-state index contributed by atoms with van der Waals surface area (Å²) in [6, 6.07) is 5.52. The summed E-state index contributed by atoms with van der Waals surface area (Å²) in [7, 11) is -4.86. The third-order valence-electron chi connectivity index (χ3n) is 3.84. The Morgan fingerprint density at radius 1 is 1.18 bits per heavy atom.